The van der Waals surface area contributed by atoms with Gasteiger partial charge >= 0.3 is 24.1 Å². The fourth-order valence-corrected chi connectivity index (χ4v) is 9.10. The van der Waals surface area contributed by atoms with Crippen LogP contribution in [0.2, 0.25) is 0 Å². The number of piperidine rings is 2. The Morgan fingerprint density at radius 1 is 1.04 bits per heavy atom. The van der Waals surface area contributed by atoms with E-state index in [1.165, 1.54) is 23.3 Å². The molecule has 0 unspecified atom stereocenters. The number of pyridine rings is 1. The highest BCUT2D eigenvalue weighted by Gasteiger charge is 2.56. The Hall–Kier alpha value is -4.75. The first kappa shape index (κ1) is 57.6. The zero-order valence-corrected chi connectivity index (χ0v) is 41.3. The number of aliphatic hydroxyl groups is 1. The van der Waals surface area contributed by atoms with Gasteiger partial charge in [0.15, 0.2) is 0 Å². The van der Waals surface area contributed by atoms with E-state index in [1.807, 2.05) is 27.7 Å². The van der Waals surface area contributed by atoms with E-state index in [1.54, 1.807) is 47.5 Å². The molecule has 3 saturated heterocycles. The lowest BCUT2D eigenvalue weighted by Gasteiger charge is -2.51. The minimum Gasteiger partial charge on any atom is -0.493 e. The number of amides is 2. The molecule has 2 amide bonds. The summed E-state index contributed by atoms with van der Waals surface area (Å²) in [6.07, 6.45) is -0.955. The fraction of sp³-hybridized carbons (Fsp3) is 0.592. The van der Waals surface area contributed by atoms with Crippen LogP contribution in [0.4, 0.5) is 13.2 Å². The number of hydrogen-bond donors (Lipinski definition) is 2. The van der Waals surface area contributed by atoms with Crippen LogP contribution in [0.1, 0.15) is 119 Å². The Balaban J connectivity index is 0.000000610. The number of para-hydroxylation sites is 1. The summed E-state index contributed by atoms with van der Waals surface area (Å²) in [5, 5.41) is 23.7. The SMILES string of the molecule is C.CCC[C@H]1N(C(=O)c2ncccc2C(F)(F)F)CCC[C@@]1(Oc1csc(C)c1)C(=O)N1CCC(O)(c2ccccc2OC[C@@H](C)CC(=O)O)CC1.COC(=O)C[C@H](C)CBr.C[C@@H]1COC(=O)C1. The lowest BCUT2D eigenvalue weighted by Crippen LogP contribution is -2.68. The Labute approximate surface area is 410 Å². The maximum absolute atomic E-state index is 14.9. The molecule has 1 aromatic carbocycles. The van der Waals surface area contributed by atoms with Crippen LogP contribution < -0.4 is 9.47 Å². The molecule has 3 aromatic rings. The molecule has 3 aliphatic rings. The second-order valence-electron chi connectivity index (χ2n) is 17.6. The van der Waals surface area contributed by atoms with E-state index in [-0.39, 0.29) is 83.6 Å². The summed E-state index contributed by atoms with van der Waals surface area (Å²) >= 11 is 4.69. The normalized spacial score (nSPS) is 20.7. The summed E-state index contributed by atoms with van der Waals surface area (Å²) < 4.78 is 63.8. The highest BCUT2D eigenvalue weighted by molar-refractivity contribution is 9.09. The van der Waals surface area contributed by atoms with Crippen molar-refractivity contribution in [3.63, 3.8) is 0 Å². The molecule has 5 atom stereocenters. The highest BCUT2D eigenvalue weighted by Crippen LogP contribution is 2.43. The predicted octanol–water partition coefficient (Wildman–Crippen LogP) is 9.48. The van der Waals surface area contributed by atoms with Gasteiger partial charge in [0.05, 0.1) is 50.4 Å². The number of carbonyl (C=O) groups excluding carboxylic acids is 4. The molecular weight excluding hydrogens is 976 g/mol. The van der Waals surface area contributed by atoms with Crippen LogP contribution in [0.15, 0.2) is 54.0 Å². The van der Waals surface area contributed by atoms with Gasteiger partial charge in [0, 0.05) is 71.7 Å². The number of carboxylic acid groups (broad SMARTS) is 1. The number of carboxylic acids is 1. The number of rotatable bonds is 15. The number of carbonyl (C=O) groups is 5. The molecule has 0 saturated carbocycles. The monoisotopic (exact) mass is 1040 g/mol. The number of esters is 2. The van der Waals surface area contributed by atoms with Crippen LogP contribution in [-0.4, -0.2) is 112 Å². The first-order chi connectivity index (χ1) is 31.7. The molecule has 3 aliphatic heterocycles. The van der Waals surface area contributed by atoms with Crippen molar-refractivity contribution in [2.24, 2.45) is 17.8 Å². The Morgan fingerprint density at radius 2 is 1.74 bits per heavy atom. The van der Waals surface area contributed by atoms with Crippen LogP contribution in [0.5, 0.6) is 11.5 Å². The summed E-state index contributed by atoms with van der Waals surface area (Å²) in [5.74, 6) is -0.990. The second-order valence-corrected chi connectivity index (χ2v) is 19.3. The number of thiophene rings is 1. The van der Waals surface area contributed by atoms with Crippen molar-refractivity contribution >= 4 is 57.0 Å². The van der Waals surface area contributed by atoms with E-state index in [0.29, 0.717) is 61.2 Å². The molecule has 3 fully saturated rings. The maximum atomic E-state index is 14.9. The molecule has 0 radical (unpaired) electrons. The van der Waals surface area contributed by atoms with Gasteiger partial charge in [0.25, 0.3) is 11.8 Å². The van der Waals surface area contributed by atoms with E-state index >= 15 is 0 Å². The molecule has 2 aromatic heterocycles. The van der Waals surface area contributed by atoms with Crippen LogP contribution >= 0.6 is 27.3 Å². The number of methoxy groups -OCH3 is 1. The maximum Gasteiger partial charge on any atom is 0.418 e. The van der Waals surface area contributed by atoms with Crippen LogP contribution in [0.25, 0.3) is 0 Å². The Bertz CT molecular complexity index is 2130. The molecule has 14 nitrogen and oxygen atoms in total. The second kappa shape index (κ2) is 26.3. The standard InChI is InChI=1S/C37H44F3N3O7S.C6H11BrO2.C5H8O2.CH4/c1-4-9-30-36(50-26-21-25(3)51-23-26,13-8-17-43(30)33(46)32-28(37(38,39)40)11-7-16-41-32)34(47)42-18-14-35(48,15-19-42)27-10-5-6-12-29(27)49-22-24(2)20-31(44)45;1-5(4-7)3-6(8)9-2;1-4-2-5(6)7-3-4;/h5-7,10-12,16,21,23-24,30,48H,4,8-9,13-15,17-20,22H2,1-3H3,(H,44,45);5H,3-4H2,1-2H3;4H,2-3H2,1H3;1H4/t24-,30+,36-;5-;4-;/m000./s1. The van der Waals surface area contributed by atoms with E-state index in [4.69, 9.17) is 14.6 Å². The number of nitrogens with zero attached hydrogens (tertiary/aromatic N) is 3. The minimum atomic E-state index is -4.81. The number of benzene rings is 1. The van der Waals surface area contributed by atoms with E-state index in [9.17, 15) is 42.3 Å². The number of likely N-dealkylation sites (tertiary alicyclic amines) is 2. The van der Waals surface area contributed by atoms with Crippen LogP contribution in [0.3, 0.4) is 0 Å². The Morgan fingerprint density at radius 3 is 2.28 bits per heavy atom. The number of aryl methyl sites for hydroxylation is 1. The number of cyclic esters (lactones) is 1. The molecule has 0 bridgehead atoms. The molecule has 0 aliphatic carbocycles. The summed E-state index contributed by atoms with van der Waals surface area (Å²) in [6, 6.07) is 9.89. The zero-order valence-electron chi connectivity index (χ0n) is 38.9. The van der Waals surface area contributed by atoms with Crippen molar-refractivity contribution in [2.45, 2.75) is 123 Å². The van der Waals surface area contributed by atoms with Crippen LogP contribution in [0, 0.1) is 24.7 Å². The number of alkyl halides is 4. The number of aromatic nitrogens is 1. The lowest BCUT2D eigenvalue weighted by atomic mass is 9.78. The molecule has 2 N–H and O–H groups in total. The summed E-state index contributed by atoms with van der Waals surface area (Å²) in [6.45, 7) is 10.7. The molecule has 68 heavy (non-hydrogen) atoms. The van der Waals surface area contributed by atoms with Gasteiger partial charge in [-0.1, -0.05) is 75.7 Å². The minimum absolute atomic E-state index is 0. The fourth-order valence-electron chi connectivity index (χ4n) is 8.27. The average Bonchev–Trinajstić information content (AvgIpc) is 3.90. The quantitative estimate of drug-likeness (QED) is 0.109. The molecule has 5 heterocycles. The number of halogens is 4. The van der Waals surface area contributed by atoms with Crippen molar-refractivity contribution in [2.75, 3.05) is 45.3 Å². The summed E-state index contributed by atoms with van der Waals surface area (Å²) in [4.78, 5) is 68.6. The van der Waals surface area contributed by atoms with Gasteiger partial charge < -0.3 is 39.0 Å². The van der Waals surface area contributed by atoms with Crippen molar-refractivity contribution in [1.82, 2.24) is 14.8 Å². The van der Waals surface area contributed by atoms with Crippen molar-refractivity contribution in [3.8, 4) is 11.5 Å². The summed E-state index contributed by atoms with van der Waals surface area (Å²) in [7, 11) is 1.41. The molecule has 6 rings (SSSR count). The number of ether oxygens (including phenoxy) is 4. The molecule has 0 spiro atoms. The number of hydrogen-bond acceptors (Lipinski definition) is 12. The van der Waals surface area contributed by atoms with E-state index in [0.717, 1.165) is 28.5 Å². The van der Waals surface area contributed by atoms with Gasteiger partial charge in [-0.05, 0) is 62.8 Å². The predicted molar refractivity (Wildman–Crippen MR) is 255 cm³/mol. The van der Waals surface area contributed by atoms with Gasteiger partial charge in [-0.25, -0.2) is 0 Å². The average molecular weight is 1040 g/mol. The smallest absolute Gasteiger partial charge is 0.418 e. The molecule has 19 heteroatoms. The van der Waals surface area contributed by atoms with Gasteiger partial charge in [0.1, 0.15) is 17.2 Å². The van der Waals surface area contributed by atoms with Crippen molar-refractivity contribution < 1.29 is 66.3 Å². The van der Waals surface area contributed by atoms with Crippen LogP contribution in [-0.2, 0) is 40.4 Å². The third-order valence-corrected chi connectivity index (χ3v) is 13.7. The van der Waals surface area contributed by atoms with Crippen molar-refractivity contribution in [3.05, 3.63) is 75.7 Å². The summed E-state index contributed by atoms with van der Waals surface area (Å²) in [5.41, 5.74) is -4.29. The van der Waals surface area contributed by atoms with Crippen molar-refractivity contribution in [1.29, 1.82) is 0 Å². The Kier molecular flexibility index (Phi) is 22.3. The number of aliphatic carboxylic acids is 1. The molecular formula is C49H67BrF3N3O11S. The van der Waals surface area contributed by atoms with Gasteiger partial charge in [-0.15, -0.1) is 11.3 Å². The topological polar surface area (TPSA) is 182 Å². The lowest BCUT2D eigenvalue weighted by molar-refractivity contribution is -0.163. The first-order valence-corrected chi connectivity index (χ1v) is 24.5. The zero-order chi connectivity index (χ0) is 49.5. The van der Waals surface area contributed by atoms with Gasteiger partial charge in [-0.2, -0.15) is 13.2 Å². The molecule has 378 valence electrons. The van der Waals surface area contributed by atoms with E-state index in [2.05, 4.69) is 30.4 Å². The third kappa shape index (κ3) is 15.6. The largest absolute Gasteiger partial charge is 0.493 e. The highest BCUT2D eigenvalue weighted by atomic mass is 79.9. The first-order valence-electron chi connectivity index (χ1n) is 22.5. The van der Waals surface area contributed by atoms with Gasteiger partial charge in [0.2, 0.25) is 5.60 Å². The van der Waals surface area contributed by atoms with E-state index < -0.39 is 52.5 Å². The third-order valence-electron chi connectivity index (χ3n) is 11.7. The van der Waals surface area contributed by atoms with Gasteiger partial charge in [-0.3, -0.25) is 29.0 Å².